The predicted octanol–water partition coefficient (Wildman–Crippen LogP) is 11.1. The molecule has 0 spiro atoms. The van der Waals surface area contributed by atoms with Crippen LogP contribution in [-0.4, -0.2) is 14.5 Å². The van der Waals surface area contributed by atoms with E-state index >= 15 is 0 Å². The molecule has 10 aromatic rings. The van der Waals surface area contributed by atoms with Gasteiger partial charge in [-0.15, -0.1) is 0 Å². The highest BCUT2D eigenvalue weighted by molar-refractivity contribution is 6.19. The molecule has 46 heavy (non-hydrogen) atoms. The molecule has 7 aromatic carbocycles. The molecule has 3 aromatic heterocycles. The molecule has 3 heterocycles. The summed E-state index contributed by atoms with van der Waals surface area (Å²) in [6.07, 6.45) is 0. The first kappa shape index (κ1) is 25.1. The zero-order valence-corrected chi connectivity index (χ0v) is 24.7. The van der Waals surface area contributed by atoms with E-state index in [1.54, 1.807) is 0 Å². The van der Waals surface area contributed by atoms with Gasteiger partial charge in [-0.2, -0.15) is 0 Å². The molecule has 0 aliphatic carbocycles. The van der Waals surface area contributed by atoms with Crippen LogP contribution in [0.2, 0.25) is 0 Å². The Kier molecular flexibility index (Phi) is 5.25. The number of furan rings is 1. The monoisotopic (exact) mass is 587 g/mol. The molecule has 0 bridgehead atoms. The van der Waals surface area contributed by atoms with Gasteiger partial charge in [0.05, 0.1) is 22.1 Å². The molecular weight excluding hydrogens is 562 g/mol. The molecule has 0 radical (unpaired) electrons. The minimum atomic E-state index is 0.789. The van der Waals surface area contributed by atoms with Crippen LogP contribution in [0.3, 0.4) is 0 Å². The van der Waals surface area contributed by atoms with Crippen LogP contribution in [0.1, 0.15) is 0 Å². The second-order valence-electron chi connectivity index (χ2n) is 11.8. The average Bonchev–Trinajstić information content (AvgIpc) is 3.63. The first-order valence-corrected chi connectivity index (χ1v) is 15.5. The van der Waals surface area contributed by atoms with E-state index in [-0.39, 0.29) is 0 Å². The van der Waals surface area contributed by atoms with E-state index in [4.69, 9.17) is 14.4 Å². The third-order valence-corrected chi connectivity index (χ3v) is 9.16. The molecule has 0 N–H and O–H groups in total. The van der Waals surface area contributed by atoms with Gasteiger partial charge in [0.25, 0.3) is 0 Å². The average molecular weight is 588 g/mol. The lowest BCUT2D eigenvalue weighted by Gasteiger charge is -2.14. The number of nitrogens with zero attached hydrogens (tertiary/aromatic N) is 3. The summed E-state index contributed by atoms with van der Waals surface area (Å²) in [5.74, 6) is 0.789. The van der Waals surface area contributed by atoms with Crippen LogP contribution < -0.4 is 0 Å². The van der Waals surface area contributed by atoms with Crippen LogP contribution in [0.15, 0.2) is 156 Å². The number of hydrogen-bond acceptors (Lipinski definition) is 3. The highest BCUT2D eigenvalue weighted by Gasteiger charge is 2.21. The largest absolute Gasteiger partial charge is 0.456 e. The van der Waals surface area contributed by atoms with E-state index in [1.165, 1.54) is 21.7 Å². The second kappa shape index (κ2) is 9.62. The zero-order valence-electron chi connectivity index (χ0n) is 24.7. The summed E-state index contributed by atoms with van der Waals surface area (Å²) < 4.78 is 8.70. The van der Waals surface area contributed by atoms with Crippen LogP contribution >= 0.6 is 0 Å². The molecule has 0 atom stereocenters. The number of aromatic nitrogens is 3. The van der Waals surface area contributed by atoms with Gasteiger partial charge >= 0.3 is 0 Å². The van der Waals surface area contributed by atoms with Crippen molar-refractivity contribution in [3.63, 3.8) is 0 Å². The lowest BCUT2D eigenvalue weighted by atomic mass is 10.0. The predicted molar refractivity (Wildman–Crippen MR) is 190 cm³/mol. The summed E-state index contributed by atoms with van der Waals surface area (Å²) in [6, 6.07) is 53.1. The summed E-state index contributed by atoms with van der Waals surface area (Å²) in [5.41, 5.74) is 9.74. The smallest absolute Gasteiger partial charge is 0.165 e. The van der Waals surface area contributed by atoms with Crippen LogP contribution in [0.5, 0.6) is 0 Å². The Morgan fingerprint density at radius 3 is 1.85 bits per heavy atom. The van der Waals surface area contributed by atoms with Crippen LogP contribution in [0.25, 0.3) is 93.8 Å². The van der Waals surface area contributed by atoms with Crippen molar-refractivity contribution < 1.29 is 4.42 Å². The molecule has 0 unspecified atom stereocenters. The van der Waals surface area contributed by atoms with Gasteiger partial charge in [0.2, 0.25) is 0 Å². The fraction of sp³-hybridized carbons (Fsp3) is 0. The molecule has 0 saturated heterocycles. The third kappa shape index (κ3) is 3.74. The fourth-order valence-corrected chi connectivity index (χ4v) is 6.94. The topological polar surface area (TPSA) is 43.9 Å². The Balaban J connectivity index is 1.32. The van der Waals surface area contributed by atoms with Crippen molar-refractivity contribution in [2.75, 3.05) is 0 Å². The summed E-state index contributed by atoms with van der Waals surface area (Å²) in [5, 5.41) is 6.92. The van der Waals surface area contributed by atoms with Gasteiger partial charge in [0.15, 0.2) is 5.82 Å². The Morgan fingerprint density at radius 1 is 0.413 bits per heavy atom. The number of fused-ring (bicyclic) bond motifs is 8. The number of benzene rings is 7. The van der Waals surface area contributed by atoms with E-state index in [9.17, 15) is 0 Å². The maximum Gasteiger partial charge on any atom is 0.165 e. The Morgan fingerprint density at radius 2 is 1.02 bits per heavy atom. The van der Waals surface area contributed by atoms with Crippen molar-refractivity contribution in [2.24, 2.45) is 0 Å². The Hall–Kier alpha value is -6.26. The Bertz CT molecular complexity index is 2790. The maximum atomic E-state index is 6.42. The van der Waals surface area contributed by atoms with Gasteiger partial charge in [-0.1, -0.05) is 109 Å². The molecule has 0 amide bonds. The Labute approximate surface area is 263 Å². The molecule has 4 heteroatoms. The highest BCUT2D eigenvalue weighted by atomic mass is 16.3. The van der Waals surface area contributed by atoms with E-state index in [0.717, 1.165) is 72.0 Å². The van der Waals surface area contributed by atoms with E-state index in [0.29, 0.717) is 0 Å². The SMILES string of the molecule is c1ccc(-c2ccc(-c3nc4ccccc4nc3-n3c4cc5ccccc5cc4c4cc5c(cc43)oc3ccccc35)cc2)cc1. The third-order valence-electron chi connectivity index (χ3n) is 9.16. The molecule has 0 aliphatic heterocycles. The molecule has 0 saturated carbocycles. The normalized spacial score (nSPS) is 11.9. The zero-order chi connectivity index (χ0) is 30.2. The van der Waals surface area contributed by atoms with Gasteiger partial charge < -0.3 is 4.42 Å². The molecule has 4 nitrogen and oxygen atoms in total. The van der Waals surface area contributed by atoms with Crippen LogP contribution in [-0.2, 0) is 0 Å². The van der Waals surface area contributed by atoms with Crippen molar-refractivity contribution in [3.8, 4) is 28.2 Å². The van der Waals surface area contributed by atoms with Crippen molar-refractivity contribution in [1.82, 2.24) is 14.5 Å². The van der Waals surface area contributed by atoms with Gasteiger partial charge in [-0.05, 0) is 58.3 Å². The second-order valence-corrected chi connectivity index (χ2v) is 11.8. The number of hydrogen-bond donors (Lipinski definition) is 0. The van der Waals surface area contributed by atoms with Crippen LogP contribution in [0, 0.1) is 0 Å². The molecule has 0 fully saturated rings. The summed E-state index contributed by atoms with van der Waals surface area (Å²) in [4.78, 5) is 10.6. The first-order chi connectivity index (χ1) is 22.8. The first-order valence-electron chi connectivity index (χ1n) is 15.5. The fourth-order valence-electron chi connectivity index (χ4n) is 6.94. The van der Waals surface area contributed by atoms with Crippen molar-refractivity contribution in [3.05, 3.63) is 152 Å². The molecule has 0 aliphatic rings. The number of para-hydroxylation sites is 3. The van der Waals surface area contributed by atoms with Gasteiger partial charge in [-0.25, -0.2) is 9.97 Å². The number of rotatable bonds is 3. The highest BCUT2D eigenvalue weighted by Crippen LogP contribution is 2.41. The van der Waals surface area contributed by atoms with E-state index < -0.39 is 0 Å². The van der Waals surface area contributed by atoms with Crippen molar-refractivity contribution in [1.29, 1.82) is 0 Å². The van der Waals surface area contributed by atoms with Gasteiger partial charge in [0.1, 0.15) is 16.9 Å². The quantitative estimate of drug-likeness (QED) is 0.207. The standard InChI is InChI=1S/C42H25N3O/c1-2-10-26(11-3-1)27-18-20-28(21-19-27)41-42(44-36-16-8-7-15-35(36)43-41)45-37-23-30-13-5-4-12-29(30)22-32(37)33-24-34-31-14-6-9-17-39(31)46-40(34)25-38(33)45/h1-25H. The van der Waals surface area contributed by atoms with Crippen LogP contribution in [0.4, 0.5) is 0 Å². The lowest BCUT2D eigenvalue weighted by molar-refractivity contribution is 0.669. The van der Waals surface area contributed by atoms with Gasteiger partial charge in [0, 0.05) is 33.2 Å². The van der Waals surface area contributed by atoms with E-state index in [2.05, 4.69) is 114 Å². The van der Waals surface area contributed by atoms with Gasteiger partial charge in [-0.3, -0.25) is 4.57 Å². The molecular formula is C42H25N3O. The lowest BCUT2D eigenvalue weighted by Crippen LogP contribution is -2.03. The summed E-state index contributed by atoms with van der Waals surface area (Å²) >= 11 is 0. The minimum Gasteiger partial charge on any atom is -0.456 e. The molecule has 10 rings (SSSR count). The van der Waals surface area contributed by atoms with Crippen molar-refractivity contribution in [2.45, 2.75) is 0 Å². The summed E-state index contributed by atoms with van der Waals surface area (Å²) in [7, 11) is 0. The maximum absolute atomic E-state index is 6.42. The minimum absolute atomic E-state index is 0.789. The van der Waals surface area contributed by atoms with E-state index in [1.807, 2.05) is 42.5 Å². The summed E-state index contributed by atoms with van der Waals surface area (Å²) in [6.45, 7) is 0. The molecule has 214 valence electrons. The van der Waals surface area contributed by atoms with Crippen molar-refractivity contribution >= 4 is 65.6 Å².